The summed E-state index contributed by atoms with van der Waals surface area (Å²) in [5.74, 6) is 0.789. The van der Waals surface area contributed by atoms with E-state index in [1.807, 2.05) is 7.11 Å². The normalized spacial score (nSPS) is 38.8. The lowest BCUT2D eigenvalue weighted by atomic mass is 9.43. The van der Waals surface area contributed by atoms with Gasteiger partial charge in [-0.25, -0.2) is 0 Å². The molecule has 2 atom stereocenters. The minimum absolute atomic E-state index is 0.508. The predicted molar refractivity (Wildman–Crippen MR) is 57.0 cm³/mol. The van der Waals surface area contributed by atoms with Gasteiger partial charge in [0.2, 0.25) is 0 Å². The molecule has 1 heterocycles. The molecule has 1 aliphatic carbocycles. The molecule has 0 aromatic carbocycles. The van der Waals surface area contributed by atoms with Gasteiger partial charge < -0.3 is 4.65 Å². The Labute approximate surface area is 81.7 Å². The van der Waals surface area contributed by atoms with Gasteiger partial charge in [-0.15, -0.1) is 0 Å². The molecule has 13 heavy (non-hydrogen) atoms. The third-order valence-corrected chi connectivity index (χ3v) is 3.60. The van der Waals surface area contributed by atoms with Gasteiger partial charge in [-0.2, -0.15) is 0 Å². The summed E-state index contributed by atoms with van der Waals surface area (Å²) >= 11 is 0. The van der Waals surface area contributed by atoms with Crippen LogP contribution in [0.3, 0.4) is 0 Å². The lowest BCUT2D eigenvalue weighted by Crippen LogP contribution is -2.38. The second kappa shape index (κ2) is 3.16. The molecule has 2 bridgehead atoms. The zero-order chi connectivity index (χ0) is 9.47. The van der Waals surface area contributed by atoms with Crippen LogP contribution >= 0.6 is 0 Å². The number of hydrogen-bond acceptors (Lipinski definition) is 1. The zero-order valence-corrected chi connectivity index (χ0v) is 8.97. The molecule has 0 radical (unpaired) electrons. The predicted octanol–water partition coefficient (Wildman–Crippen LogP) is 3.00. The summed E-state index contributed by atoms with van der Waals surface area (Å²) in [6.45, 7) is 5.20. The van der Waals surface area contributed by atoms with E-state index >= 15 is 0 Å². The minimum Gasteiger partial charge on any atom is -0.438 e. The molecule has 0 aromatic rings. The zero-order valence-electron chi connectivity index (χ0n) is 8.97. The first-order valence-electron chi connectivity index (χ1n) is 5.31. The average Bonchev–Trinajstić information content (AvgIpc) is 1.99. The highest BCUT2D eigenvalue weighted by Gasteiger charge is 2.41. The highest BCUT2D eigenvalue weighted by Crippen LogP contribution is 2.48. The van der Waals surface area contributed by atoms with Gasteiger partial charge in [-0.05, 0) is 43.7 Å². The van der Waals surface area contributed by atoms with E-state index in [0.717, 1.165) is 5.92 Å². The van der Waals surface area contributed by atoms with Gasteiger partial charge in [0.15, 0.2) is 0 Å². The maximum atomic E-state index is 5.50. The molecule has 2 rings (SSSR count). The first kappa shape index (κ1) is 9.33. The number of rotatable bonds is 1. The van der Waals surface area contributed by atoms with Gasteiger partial charge >= 0.3 is 0 Å². The first-order valence-corrected chi connectivity index (χ1v) is 5.31. The van der Waals surface area contributed by atoms with Gasteiger partial charge in [0.05, 0.1) is 0 Å². The molecule has 1 saturated heterocycles. The van der Waals surface area contributed by atoms with E-state index in [4.69, 9.17) is 4.65 Å². The summed E-state index contributed by atoms with van der Waals surface area (Å²) in [6, 6.07) is 0. The lowest BCUT2D eigenvalue weighted by Gasteiger charge is -2.43. The quantitative estimate of drug-likeness (QED) is 0.443. The first-order chi connectivity index (χ1) is 6.11. The second-order valence-corrected chi connectivity index (χ2v) is 5.26. The maximum absolute atomic E-state index is 5.50. The van der Waals surface area contributed by atoms with E-state index in [2.05, 4.69) is 19.9 Å². The number of hydrogen-bond donors (Lipinski definition) is 0. The van der Waals surface area contributed by atoms with Crippen molar-refractivity contribution in [2.75, 3.05) is 7.11 Å². The Kier molecular flexibility index (Phi) is 2.27. The summed E-state index contributed by atoms with van der Waals surface area (Å²) in [4.78, 5) is 0. The van der Waals surface area contributed by atoms with Crippen LogP contribution in [0, 0.1) is 11.3 Å². The molecule has 0 aromatic heterocycles. The summed E-state index contributed by atoms with van der Waals surface area (Å²) in [7, 11) is 1.85. The van der Waals surface area contributed by atoms with Crippen LogP contribution in [0.25, 0.3) is 0 Å². The third-order valence-electron chi connectivity index (χ3n) is 3.60. The topological polar surface area (TPSA) is 9.23 Å². The molecular weight excluding hydrogens is 159 g/mol. The van der Waals surface area contributed by atoms with Crippen molar-refractivity contribution >= 4 is 6.92 Å². The minimum atomic E-state index is 0.508. The summed E-state index contributed by atoms with van der Waals surface area (Å²) < 4.78 is 5.50. The summed E-state index contributed by atoms with van der Waals surface area (Å²) in [6.07, 6.45) is 7.62. The molecule has 2 heteroatoms. The van der Waals surface area contributed by atoms with Gasteiger partial charge in [-0.1, -0.05) is 18.6 Å². The second-order valence-electron chi connectivity index (χ2n) is 5.26. The molecule has 1 aliphatic heterocycles. The highest BCUT2D eigenvalue weighted by atomic mass is 16.4. The summed E-state index contributed by atoms with van der Waals surface area (Å²) in [5.41, 5.74) is 2.12. The van der Waals surface area contributed by atoms with E-state index in [9.17, 15) is 0 Å². The SMILES string of the molecule is COB1C[C@@H]2C=C(C)C[C@@](C)(C1)C2. The Morgan fingerprint density at radius 1 is 1.62 bits per heavy atom. The Hall–Kier alpha value is -0.235. The van der Waals surface area contributed by atoms with Crippen molar-refractivity contribution in [2.24, 2.45) is 11.3 Å². The van der Waals surface area contributed by atoms with Gasteiger partial charge in [0.1, 0.15) is 0 Å². The lowest BCUT2D eigenvalue weighted by molar-refractivity contribution is 0.237. The number of allylic oxidation sites excluding steroid dienone is 2. The molecule has 2 aliphatic rings. The summed E-state index contributed by atoms with van der Waals surface area (Å²) in [5, 5.41) is 0. The van der Waals surface area contributed by atoms with Gasteiger partial charge in [0.25, 0.3) is 6.92 Å². The van der Waals surface area contributed by atoms with E-state index in [1.165, 1.54) is 25.5 Å². The van der Waals surface area contributed by atoms with Crippen molar-refractivity contribution in [2.45, 2.75) is 39.3 Å². The molecule has 1 nitrogen and oxygen atoms in total. The molecule has 72 valence electrons. The van der Waals surface area contributed by atoms with Gasteiger partial charge in [0, 0.05) is 7.11 Å². The van der Waals surface area contributed by atoms with Crippen molar-refractivity contribution in [1.29, 1.82) is 0 Å². The molecule has 0 unspecified atom stereocenters. The van der Waals surface area contributed by atoms with Crippen LogP contribution in [0.2, 0.25) is 12.6 Å². The van der Waals surface area contributed by atoms with E-state index in [-0.39, 0.29) is 0 Å². The molecular formula is C11H19BO. The van der Waals surface area contributed by atoms with E-state index in [0.29, 0.717) is 12.3 Å². The molecule has 1 fully saturated rings. The molecule has 0 N–H and O–H groups in total. The maximum Gasteiger partial charge on any atom is 0.293 e. The van der Waals surface area contributed by atoms with Crippen LogP contribution in [0.1, 0.15) is 26.7 Å². The Balaban J connectivity index is 2.17. The number of fused-ring (bicyclic) bond motifs is 2. The van der Waals surface area contributed by atoms with Crippen LogP contribution in [-0.2, 0) is 4.65 Å². The van der Waals surface area contributed by atoms with Crippen molar-refractivity contribution in [3.63, 3.8) is 0 Å². The molecule has 0 amide bonds. The van der Waals surface area contributed by atoms with Gasteiger partial charge in [-0.3, -0.25) is 0 Å². The third kappa shape index (κ3) is 1.83. The Morgan fingerprint density at radius 2 is 2.38 bits per heavy atom. The van der Waals surface area contributed by atoms with Crippen LogP contribution < -0.4 is 0 Å². The Morgan fingerprint density at radius 3 is 3.00 bits per heavy atom. The molecule has 0 spiro atoms. The van der Waals surface area contributed by atoms with E-state index < -0.39 is 0 Å². The fourth-order valence-electron chi connectivity index (χ4n) is 3.36. The van der Waals surface area contributed by atoms with Crippen LogP contribution in [0.5, 0.6) is 0 Å². The fourth-order valence-corrected chi connectivity index (χ4v) is 3.36. The van der Waals surface area contributed by atoms with E-state index in [1.54, 1.807) is 5.57 Å². The van der Waals surface area contributed by atoms with Crippen LogP contribution in [0.15, 0.2) is 11.6 Å². The molecule has 0 saturated carbocycles. The van der Waals surface area contributed by atoms with Crippen molar-refractivity contribution in [3.05, 3.63) is 11.6 Å². The highest BCUT2D eigenvalue weighted by molar-refractivity contribution is 6.52. The monoisotopic (exact) mass is 178 g/mol. The van der Waals surface area contributed by atoms with Crippen molar-refractivity contribution in [3.8, 4) is 0 Å². The van der Waals surface area contributed by atoms with Crippen LogP contribution in [0.4, 0.5) is 0 Å². The largest absolute Gasteiger partial charge is 0.438 e. The standard InChI is InChI=1S/C11H19BO/c1-9-4-10-6-11(2,5-9)8-12(7-10)13-3/h4,10H,5-8H2,1-3H3/t10-,11-/m1/s1. The van der Waals surface area contributed by atoms with Crippen LogP contribution in [-0.4, -0.2) is 14.0 Å². The Bertz CT molecular complexity index is 236. The van der Waals surface area contributed by atoms with Crippen molar-refractivity contribution in [1.82, 2.24) is 0 Å². The van der Waals surface area contributed by atoms with Crippen molar-refractivity contribution < 1.29 is 4.65 Å². The smallest absolute Gasteiger partial charge is 0.293 e. The average molecular weight is 178 g/mol. The fraction of sp³-hybridized carbons (Fsp3) is 0.818.